The van der Waals surface area contributed by atoms with Crippen LogP contribution in [-0.2, 0) is 11.3 Å². The van der Waals surface area contributed by atoms with Crippen molar-refractivity contribution in [1.82, 2.24) is 4.90 Å². The Morgan fingerprint density at radius 3 is 3.00 bits per heavy atom. The van der Waals surface area contributed by atoms with E-state index < -0.39 is 0 Å². The first kappa shape index (κ1) is 11.4. The van der Waals surface area contributed by atoms with Gasteiger partial charge in [-0.3, -0.25) is 4.90 Å². The maximum Gasteiger partial charge on any atom is 0.129 e. The summed E-state index contributed by atoms with van der Waals surface area (Å²) in [5, 5.41) is 0. The topological polar surface area (TPSA) is 38.5 Å². The van der Waals surface area contributed by atoms with Gasteiger partial charge in [0, 0.05) is 37.5 Å². The monoisotopic (exact) mass is 224 g/mol. The fourth-order valence-electron chi connectivity index (χ4n) is 1.89. The molecule has 0 amide bonds. The summed E-state index contributed by atoms with van der Waals surface area (Å²) in [6.45, 7) is 4.00. The van der Waals surface area contributed by atoms with E-state index in [1.165, 1.54) is 6.07 Å². The van der Waals surface area contributed by atoms with Crippen LogP contribution >= 0.6 is 0 Å². The van der Waals surface area contributed by atoms with Crippen LogP contribution in [0.15, 0.2) is 18.2 Å². The van der Waals surface area contributed by atoms with Crippen LogP contribution in [0.2, 0.25) is 0 Å². The Hall–Kier alpha value is -1.13. The highest BCUT2D eigenvalue weighted by Crippen LogP contribution is 2.14. The summed E-state index contributed by atoms with van der Waals surface area (Å²) in [6, 6.07) is 4.88. The molecule has 16 heavy (non-hydrogen) atoms. The van der Waals surface area contributed by atoms with E-state index in [0.29, 0.717) is 17.8 Å². The van der Waals surface area contributed by atoms with E-state index in [9.17, 15) is 4.39 Å². The number of nitrogens with two attached hydrogens (primary N) is 1. The van der Waals surface area contributed by atoms with Crippen LogP contribution in [0.25, 0.3) is 0 Å². The molecular formula is C12H17FN2O. The van der Waals surface area contributed by atoms with E-state index in [4.69, 9.17) is 10.5 Å². The predicted molar refractivity (Wildman–Crippen MR) is 61.5 cm³/mol. The van der Waals surface area contributed by atoms with Gasteiger partial charge in [-0.1, -0.05) is 6.07 Å². The zero-order chi connectivity index (χ0) is 11.4. The quantitative estimate of drug-likeness (QED) is 0.776. The summed E-state index contributed by atoms with van der Waals surface area (Å²) in [5.74, 6) is -0.217. The van der Waals surface area contributed by atoms with Gasteiger partial charge in [-0.05, 0) is 18.6 Å². The number of rotatable bonds is 2. The standard InChI is InChI=1S/C12H17FN2O/c13-12-8-11(14)3-2-10(12)9-15-4-1-6-16-7-5-15/h2-3,8H,1,4-7,9,14H2. The van der Waals surface area contributed by atoms with Gasteiger partial charge in [-0.25, -0.2) is 4.39 Å². The highest BCUT2D eigenvalue weighted by molar-refractivity contribution is 5.40. The van der Waals surface area contributed by atoms with E-state index in [1.54, 1.807) is 12.1 Å². The summed E-state index contributed by atoms with van der Waals surface area (Å²) in [7, 11) is 0. The van der Waals surface area contributed by atoms with Gasteiger partial charge in [-0.15, -0.1) is 0 Å². The summed E-state index contributed by atoms with van der Waals surface area (Å²) in [4.78, 5) is 2.21. The van der Waals surface area contributed by atoms with Gasteiger partial charge in [0.1, 0.15) is 5.82 Å². The molecule has 0 bridgehead atoms. The van der Waals surface area contributed by atoms with Gasteiger partial charge in [0.05, 0.1) is 6.61 Å². The van der Waals surface area contributed by atoms with E-state index >= 15 is 0 Å². The molecule has 3 nitrogen and oxygen atoms in total. The molecule has 0 unspecified atom stereocenters. The van der Waals surface area contributed by atoms with Crippen LogP contribution in [0.3, 0.4) is 0 Å². The fourth-order valence-corrected chi connectivity index (χ4v) is 1.89. The zero-order valence-corrected chi connectivity index (χ0v) is 9.29. The SMILES string of the molecule is Nc1ccc(CN2CCCOCC2)c(F)c1. The first-order valence-corrected chi connectivity index (χ1v) is 5.60. The third-order valence-corrected chi connectivity index (χ3v) is 2.79. The number of halogens is 1. The Morgan fingerprint density at radius 1 is 1.31 bits per heavy atom. The lowest BCUT2D eigenvalue weighted by molar-refractivity contribution is 0.140. The number of nitrogen functional groups attached to an aromatic ring is 1. The van der Waals surface area contributed by atoms with E-state index in [2.05, 4.69) is 4.90 Å². The van der Waals surface area contributed by atoms with Gasteiger partial charge in [0.2, 0.25) is 0 Å². The zero-order valence-electron chi connectivity index (χ0n) is 9.29. The first-order chi connectivity index (χ1) is 7.75. The summed E-state index contributed by atoms with van der Waals surface area (Å²) >= 11 is 0. The molecular weight excluding hydrogens is 207 g/mol. The van der Waals surface area contributed by atoms with Crippen LogP contribution in [0, 0.1) is 5.82 Å². The number of hydrogen-bond donors (Lipinski definition) is 1. The fraction of sp³-hybridized carbons (Fsp3) is 0.500. The minimum Gasteiger partial charge on any atom is -0.399 e. The largest absolute Gasteiger partial charge is 0.399 e. The van der Waals surface area contributed by atoms with E-state index in [0.717, 1.165) is 32.7 Å². The van der Waals surface area contributed by atoms with Crippen LogP contribution in [0.1, 0.15) is 12.0 Å². The second kappa shape index (κ2) is 5.27. The predicted octanol–water partition coefficient (Wildman–Crippen LogP) is 1.63. The lowest BCUT2D eigenvalue weighted by atomic mass is 10.1. The van der Waals surface area contributed by atoms with Gasteiger partial charge in [0.25, 0.3) is 0 Å². The molecule has 4 heteroatoms. The van der Waals surface area contributed by atoms with Crippen molar-refractivity contribution in [3.8, 4) is 0 Å². The van der Waals surface area contributed by atoms with Crippen molar-refractivity contribution in [3.05, 3.63) is 29.6 Å². The highest BCUT2D eigenvalue weighted by Gasteiger charge is 2.11. The Balaban J connectivity index is 2.01. The third kappa shape index (κ3) is 2.93. The van der Waals surface area contributed by atoms with Crippen LogP contribution in [0.5, 0.6) is 0 Å². The molecule has 1 aromatic carbocycles. The van der Waals surface area contributed by atoms with Crippen molar-refractivity contribution in [3.63, 3.8) is 0 Å². The van der Waals surface area contributed by atoms with Gasteiger partial charge < -0.3 is 10.5 Å². The molecule has 1 aliphatic heterocycles. The molecule has 88 valence electrons. The van der Waals surface area contributed by atoms with Crippen LogP contribution in [-0.4, -0.2) is 31.2 Å². The molecule has 0 aromatic heterocycles. The van der Waals surface area contributed by atoms with Crippen molar-refractivity contribution in [2.24, 2.45) is 0 Å². The molecule has 0 radical (unpaired) electrons. The second-order valence-electron chi connectivity index (χ2n) is 4.09. The minimum atomic E-state index is -0.217. The molecule has 1 fully saturated rings. The second-order valence-corrected chi connectivity index (χ2v) is 4.09. The Kier molecular flexibility index (Phi) is 3.74. The number of hydrogen-bond acceptors (Lipinski definition) is 3. The van der Waals surface area contributed by atoms with Crippen molar-refractivity contribution in [2.75, 3.05) is 32.0 Å². The molecule has 1 aromatic rings. The van der Waals surface area contributed by atoms with Gasteiger partial charge in [-0.2, -0.15) is 0 Å². The molecule has 1 aliphatic rings. The lowest BCUT2D eigenvalue weighted by Crippen LogP contribution is -2.26. The third-order valence-electron chi connectivity index (χ3n) is 2.79. The number of benzene rings is 1. The maximum atomic E-state index is 13.6. The first-order valence-electron chi connectivity index (χ1n) is 5.60. The number of anilines is 1. The van der Waals surface area contributed by atoms with Crippen molar-refractivity contribution in [1.29, 1.82) is 0 Å². The number of nitrogens with zero attached hydrogens (tertiary/aromatic N) is 1. The minimum absolute atomic E-state index is 0.217. The molecule has 2 N–H and O–H groups in total. The molecule has 0 spiro atoms. The smallest absolute Gasteiger partial charge is 0.129 e. The van der Waals surface area contributed by atoms with Gasteiger partial charge in [0.15, 0.2) is 0 Å². The average Bonchev–Trinajstić information content (AvgIpc) is 2.51. The van der Waals surface area contributed by atoms with Crippen LogP contribution in [0.4, 0.5) is 10.1 Å². The average molecular weight is 224 g/mol. The summed E-state index contributed by atoms with van der Waals surface area (Å²) in [5.41, 5.74) is 6.69. The Labute approximate surface area is 95.0 Å². The normalized spacial score (nSPS) is 18.3. The Morgan fingerprint density at radius 2 is 2.19 bits per heavy atom. The molecule has 0 saturated carbocycles. The highest BCUT2D eigenvalue weighted by atomic mass is 19.1. The lowest BCUT2D eigenvalue weighted by Gasteiger charge is -2.19. The van der Waals surface area contributed by atoms with Crippen molar-refractivity contribution < 1.29 is 9.13 Å². The summed E-state index contributed by atoms with van der Waals surface area (Å²) < 4.78 is 18.9. The molecule has 0 atom stereocenters. The van der Waals surface area contributed by atoms with Crippen LogP contribution < -0.4 is 5.73 Å². The Bertz CT molecular complexity index is 349. The van der Waals surface area contributed by atoms with Crippen molar-refractivity contribution >= 4 is 5.69 Å². The van der Waals surface area contributed by atoms with Gasteiger partial charge >= 0.3 is 0 Å². The molecule has 2 rings (SSSR count). The molecule has 0 aliphatic carbocycles. The maximum absolute atomic E-state index is 13.6. The molecule has 1 heterocycles. The van der Waals surface area contributed by atoms with E-state index in [1.807, 2.05) is 0 Å². The summed E-state index contributed by atoms with van der Waals surface area (Å²) in [6.07, 6.45) is 1.01. The van der Waals surface area contributed by atoms with E-state index in [-0.39, 0.29) is 5.82 Å². The molecule has 1 saturated heterocycles. The van der Waals surface area contributed by atoms with Crippen molar-refractivity contribution in [2.45, 2.75) is 13.0 Å². The number of ether oxygens (including phenoxy) is 1.